The van der Waals surface area contributed by atoms with Crippen LogP contribution >= 0.6 is 0 Å². The number of anilines is 2. The molecular formula is C9H16N4. The summed E-state index contributed by atoms with van der Waals surface area (Å²) in [5.41, 5.74) is 5.60. The van der Waals surface area contributed by atoms with Crippen LogP contribution in [0.2, 0.25) is 0 Å². The van der Waals surface area contributed by atoms with Crippen molar-refractivity contribution in [1.82, 2.24) is 9.97 Å². The molecule has 1 aromatic rings. The Hall–Kier alpha value is -1.32. The zero-order valence-electron chi connectivity index (χ0n) is 8.12. The number of aromatic nitrogens is 2. The Balaban J connectivity index is 2.41. The van der Waals surface area contributed by atoms with E-state index >= 15 is 0 Å². The molecule has 0 aliphatic carbocycles. The van der Waals surface area contributed by atoms with Gasteiger partial charge < -0.3 is 11.1 Å². The van der Waals surface area contributed by atoms with Gasteiger partial charge in [-0.1, -0.05) is 13.8 Å². The van der Waals surface area contributed by atoms with Crippen molar-refractivity contribution in [2.45, 2.75) is 20.3 Å². The van der Waals surface area contributed by atoms with E-state index in [2.05, 4.69) is 29.1 Å². The molecule has 0 saturated heterocycles. The van der Waals surface area contributed by atoms with Gasteiger partial charge in [-0.3, -0.25) is 0 Å². The summed E-state index contributed by atoms with van der Waals surface area (Å²) in [7, 11) is 0. The summed E-state index contributed by atoms with van der Waals surface area (Å²) >= 11 is 0. The Morgan fingerprint density at radius 2 is 2.08 bits per heavy atom. The van der Waals surface area contributed by atoms with E-state index in [0.29, 0.717) is 17.6 Å². The Bertz CT molecular complexity index is 260. The van der Waals surface area contributed by atoms with Crippen molar-refractivity contribution in [3.8, 4) is 0 Å². The molecule has 0 aliphatic rings. The van der Waals surface area contributed by atoms with E-state index in [0.717, 1.165) is 13.0 Å². The highest BCUT2D eigenvalue weighted by Crippen LogP contribution is 2.09. The van der Waals surface area contributed by atoms with E-state index in [1.807, 2.05) is 0 Å². The number of nitrogens with one attached hydrogen (secondary N) is 1. The monoisotopic (exact) mass is 180 g/mol. The molecule has 1 rings (SSSR count). The van der Waals surface area contributed by atoms with Crippen molar-refractivity contribution in [3.05, 3.63) is 12.4 Å². The van der Waals surface area contributed by atoms with E-state index in [1.54, 1.807) is 12.4 Å². The molecule has 3 N–H and O–H groups in total. The second-order valence-electron chi connectivity index (χ2n) is 3.40. The van der Waals surface area contributed by atoms with E-state index in [-0.39, 0.29) is 0 Å². The summed E-state index contributed by atoms with van der Waals surface area (Å²) in [5, 5.41) is 3.15. The fraction of sp³-hybridized carbons (Fsp3) is 0.556. The molecule has 1 heterocycles. The van der Waals surface area contributed by atoms with Crippen molar-refractivity contribution in [2.75, 3.05) is 17.6 Å². The number of nitrogens with two attached hydrogens (primary N) is 1. The largest absolute Gasteiger partial charge is 0.381 e. The van der Waals surface area contributed by atoms with Crippen LogP contribution in [0.1, 0.15) is 20.3 Å². The van der Waals surface area contributed by atoms with Gasteiger partial charge in [-0.15, -0.1) is 0 Å². The highest BCUT2D eigenvalue weighted by atomic mass is 15.0. The predicted octanol–water partition coefficient (Wildman–Crippen LogP) is 1.52. The first-order chi connectivity index (χ1) is 6.20. The number of hydrogen-bond donors (Lipinski definition) is 2. The fourth-order valence-electron chi connectivity index (χ4n) is 0.964. The Labute approximate surface area is 78.6 Å². The number of nitrogen functional groups attached to an aromatic ring is 1. The Morgan fingerprint density at radius 1 is 1.38 bits per heavy atom. The van der Waals surface area contributed by atoms with Gasteiger partial charge in [0.05, 0.1) is 0 Å². The second-order valence-corrected chi connectivity index (χ2v) is 3.40. The van der Waals surface area contributed by atoms with Crippen molar-refractivity contribution in [1.29, 1.82) is 0 Å². The SMILES string of the molecule is CC(C)CCNc1nccnc1N. The van der Waals surface area contributed by atoms with Crippen LogP contribution in [-0.2, 0) is 0 Å². The molecule has 0 saturated carbocycles. The summed E-state index contributed by atoms with van der Waals surface area (Å²) in [6, 6.07) is 0. The highest BCUT2D eigenvalue weighted by Gasteiger charge is 1.99. The van der Waals surface area contributed by atoms with Crippen molar-refractivity contribution >= 4 is 11.6 Å². The lowest BCUT2D eigenvalue weighted by Gasteiger charge is -2.08. The molecule has 0 aliphatic heterocycles. The summed E-state index contributed by atoms with van der Waals surface area (Å²) in [5.74, 6) is 1.83. The summed E-state index contributed by atoms with van der Waals surface area (Å²) < 4.78 is 0. The van der Waals surface area contributed by atoms with Gasteiger partial charge in [0, 0.05) is 18.9 Å². The lowest BCUT2D eigenvalue weighted by Crippen LogP contribution is -2.08. The summed E-state index contributed by atoms with van der Waals surface area (Å²) in [6.07, 6.45) is 4.33. The first-order valence-corrected chi connectivity index (χ1v) is 4.50. The molecule has 4 heteroatoms. The lowest BCUT2D eigenvalue weighted by molar-refractivity contribution is 0.606. The Kier molecular flexibility index (Phi) is 3.49. The maximum atomic E-state index is 5.60. The minimum Gasteiger partial charge on any atom is -0.381 e. The quantitative estimate of drug-likeness (QED) is 0.737. The van der Waals surface area contributed by atoms with Crippen molar-refractivity contribution in [2.24, 2.45) is 5.92 Å². The van der Waals surface area contributed by atoms with Gasteiger partial charge >= 0.3 is 0 Å². The van der Waals surface area contributed by atoms with Crippen molar-refractivity contribution < 1.29 is 0 Å². The lowest BCUT2D eigenvalue weighted by atomic mass is 10.1. The van der Waals surface area contributed by atoms with Crippen LogP contribution in [0, 0.1) is 5.92 Å². The van der Waals surface area contributed by atoms with Crippen LogP contribution in [0.25, 0.3) is 0 Å². The molecule has 0 aromatic carbocycles. The molecule has 0 fully saturated rings. The van der Waals surface area contributed by atoms with E-state index in [4.69, 9.17) is 5.73 Å². The second kappa shape index (κ2) is 4.64. The maximum Gasteiger partial charge on any atom is 0.168 e. The summed E-state index contributed by atoms with van der Waals surface area (Å²) in [4.78, 5) is 8.01. The third kappa shape index (κ3) is 3.27. The van der Waals surface area contributed by atoms with Gasteiger partial charge in [-0.25, -0.2) is 9.97 Å². The zero-order chi connectivity index (χ0) is 9.68. The van der Waals surface area contributed by atoms with Crippen LogP contribution < -0.4 is 11.1 Å². The van der Waals surface area contributed by atoms with Crippen molar-refractivity contribution in [3.63, 3.8) is 0 Å². The topological polar surface area (TPSA) is 63.8 Å². The maximum absolute atomic E-state index is 5.60. The van der Waals surface area contributed by atoms with Gasteiger partial charge in [-0.2, -0.15) is 0 Å². The number of nitrogens with zero attached hydrogens (tertiary/aromatic N) is 2. The predicted molar refractivity (Wildman–Crippen MR) is 54.4 cm³/mol. The molecule has 13 heavy (non-hydrogen) atoms. The molecule has 1 aromatic heterocycles. The first kappa shape index (κ1) is 9.77. The van der Waals surface area contributed by atoms with Crippen LogP contribution in [0.3, 0.4) is 0 Å². The number of rotatable bonds is 4. The average molecular weight is 180 g/mol. The first-order valence-electron chi connectivity index (χ1n) is 4.50. The highest BCUT2D eigenvalue weighted by molar-refractivity contribution is 5.54. The summed E-state index contributed by atoms with van der Waals surface area (Å²) in [6.45, 7) is 5.25. The minimum absolute atomic E-state index is 0.464. The third-order valence-corrected chi connectivity index (χ3v) is 1.74. The van der Waals surface area contributed by atoms with Gasteiger partial charge in [0.15, 0.2) is 11.6 Å². The van der Waals surface area contributed by atoms with Crippen LogP contribution in [0.4, 0.5) is 11.6 Å². The third-order valence-electron chi connectivity index (χ3n) is 1.74. The normalized spacial score (nSPS) is 10.4. The van der Waals surface area contributed by atoms with Gasteiger partial charge in [-0.05, 0) is 12.3 Å². The Morgan fingerprint density at radius 3 is 2.69 bits per heavy atom. The molecule has 0 amide bonds. The molecule has 0 atom stereocenters. The van der Waals surface area contributed by atoms with Gasteiger partial charge in [0.2, 0.25) is 0 Å². The molecule has 0 bridgehead atoms. The zero-order valence-corrected chi connectivity index (χ0v) is 8.12. The van der Waals surface area contributed by atoms with E-state index < -0.39 is 0 Å². The van der Waals surface area contributed by atoms with E-state index in [9.17, 15) is 0 Å². The number of hydrogen-bond acceptors (Lipinski definition) is 4. The minimum atomic E-state index is 0.464. The standard InChI is InChI=1S/C9H16N4/c1-7(2)3-4-12-9-8(10)11-5-6-13-9/h5-7H,3-4H2,1-2H3,(H2,10,11)(H,12,13). The molecule has 4 nitrogen and oxygen atoms in total. The fourth-order valence-corrected chi connectivity index (χ4v) is 0.964. The van der Waals surface area contributed by atoms with Gasteiger partial charge in [0.25, 0.3) is 0 Å². The van der Waals surface area contributed by atoms with Crippen LogP contribution in [0.15, 0.2) is 12.4 Å². The molecule has 0 spiro atoms. The average Bonchev–Trinajstić information content (AvgIpc) is 2.08. The van der Waals surface area contributed by atoms with Gasteiger partial charge in [0.1, 0.15) is 0 Å². The van der Waals surface area contributed by atoms with Crippen LogP contribution in [-0.4, -0.2) is 16.5 Å². The van der Waals surface area contributed by atoms with E-state index in [1.165, 1.54) is 0 Å². The molecule has 0 unspecified atom stereocenters. The molecule has 0 radical (unpaired) electrons. The van der Waals surface area contributed by atoms with Crippen LogP contribution in [0.5, 0.6) is 0 Å². The molecular weight excluding hydrogens is 164 g/mol. The molecule has 72 valence electrons. The smallest absolute Gasteiger partial charge is 0.168 e.